The van der Waals surface area contributed by atoms with Gasteiger partial charge in [-0.25, -0.2) is 9.78 Å². The van der Waals surface area contributed by atoms with Gasteiger partial charge in [0.05, 0.1) is 21.4 Å². The monoisotopic (exact) mass is 352 g/mol. The number of aryl methyl sites for hydroxylation is 4. The summed E-state index contributed by atoms with van der Waals surface area (Å²) in [6, 6.07) is 3.68. The Morgan fingerprint density at radius 2 is 1.96 bits per heavy atom. The number of halogens is 1. The number of rotatable bonds is 4. The summed E-state index contributed by atoms with van der Waals surface area (Å²) in [5.74, 6) is -0.985. The number of anilines is 1. The Labute approximate surface area is 143 Å². The maximum Gasteiger partial charge on any atom is 0.350 e. The smallest absolute Gasteiger partial charge is 0.350 e. The van der Waals surface area contributed by atoms with Gasteiger partial charge in [-0.15, -0.1) is 11.3 Å². The molecule has 7 heteroatoms. The highest BCUT2D eigenvalue weighted by molar-refractivity contribution is 7.13. The Bertz CT molecular complexity index is 748. The van der Waals surface area contributed by atoms with Crippen molar-refractivity contribution in [3.05, 3.63) is 43.9 Å². The van der Waals surface area contributed by atoms with Gasteiger partial charge in [0.15, 0.2) is 6.61 Å². The molecule has 0 aliphatic heterocycles. The molecule has 1 amide bonds. The first kappa shape index (κ1) is 17.4. The molecule has 0 radical (unpaired) electrons. The Balaban J connectivity index is 1.98. The van der Waals surface area contributed by atoms with E-state index in [0.717, 1.165) is 16.1 Å². The van der Waals surface area contributed by atoms with E-state index in [1.165, 1.54) is 11.3 Å². The Morgan fingerprint density at radius 1 is 1.26 bits per heavy atom. The number of carbonyl (C=O) groups excluding carboxylic acids is 2. The molecule has 0 saturated heterocycles. The minimum atomic E-state index is -0.546. The minimum absolute atomic E-state index is 0.376. The van der Waals surface area contributed by atoms with E-state index in [1.807, 2.05) is 26.8 Å². The number of carbonyl (C=O) groups is 2. The van der Waals surface area contributed by atoms with Crippen molar-refractivity contribution in [3.63, 3.8) is 0 Å². The molecule has 0 aliphatic carbocycles. The molecular formula is C16H17ClN2O3S. The largest absolute Gasteiger partial charge is 0.451 e. The van der Waals surface area contributed by atoms with E-state index in [4.69, 9.17) is 16.3 Å². The highest BCUT2D eigenvalue weighted by atomic mass is 35.5. The van der Waals surface area contributed by atoms with E-state index in [1.54, 1.807) is 13.0 Å². The number of esters is 1. The van der Waals surface area contributed by atoms with Gasteiger partial charge in [0.2, 0.25) is 0 Å². The fourth-order valence-electron chi connectivity index (χ4n) is 2.17. The summed E-state index contributed by atoms with van der Waals surface area (Å²) in [6.07, 6.45) is 0. The first-order valence-electron chi connectivity index (χ1n) is 6.95. The van der Waals surface area contributed by atoms with E-state index in [9.17, 15) is 9.59 Å². The molecule has 0 aliphatic rings. The number of hydrogen-bond acceptors (Lipinski definition) is 5. The Kier molecular flexibility index (Phi) is 5.38. The van der Waals surface area contributed by atoms with E-state index in [0.29, 0.717) is 21.3 Å². The second-order valence-corrected chi connectivity index (χ2v) is 6.82. The molecule has 0 saturated carbocycles. The molecule has 0 spiro atoms. The van der Waals surface area contributed by atoms with Crippen LogP contribution in [0.2, 0.25) is 5.02 Å². The number of ether oxygens (including phenoxy) is 1. The number of hydrogen-bond donors (Lipinski definition) is 1. The van der Waals surface area contributed by atoms with Crippen molar-refractivity contribution in [2.24, 2.45) is 0 Å². The van der Waals surface area contributed by atoms with Crippen molar-refractivity contribution in [1.82, 2.24) is 4.98 Å². The quantitative estimate of drug-likeness (QED) is 0.849. The van der Waals surface area contributed by atoms with E-state index < -0.39 is 11.9 Å². The van der Waals surface area contributed by atoms with Crippen LogP contribution in [0.3, 0.4) is 0 Å². The summed E-state index contributed by atoms with van der Waals surface area (Å²) in [5.41, 5.74) is 3.00. The molecule has 1 aromatic heterocycles. The second kappa shape index (κ2) is 7.10. The van der Waals surface area contributed by atoms with Gasteiger partial charge in [-0.3, -0.25) is 4.79 Å². The van der Waals surface area contributed by atoms with Crippen molar-refractivity contribution in [2.45, 2.75) is 27.7 Å². The number of thiazole rings is 1. The van der Waals surface area contributed by atoms with Gasteiger partial charge in [-0.2, -0.15) is 0 Å². The molecule has 23 heavy (non-hydrogen) atoms. The van der Waals surface area contributed by atoms with Crippen LogP contribution < -0.4 is 5.32 Å². The van der Waals surface area contributed by atoms with Crippen LogP contribution in [-0.4, -0.2) is 23.5 Å². The third-order valence-corrected chi connectivity index (χ3v) is 4.47. The second-order valence-electron chi connectivity index (χ2n) is 5.21. The zero-order valence-electron chi connectivity index (χ0n) is 13.3. The van der Waals surface area contributed by atoms with Gasteiger partial charge in [-0.1, -0.05) is 17.7 Å². The lowest BCUT2D eigenvalue weighted by molar-refractivity contribution is -0.119. The van der Waals surface area contributed by atoms with Crippen LogP contribution in [0.15, 0.2) is 12.1 Å². The summed E-state index contributed by atoms with van der Waals surface area (Å²) in [7, 11) is 0. The average molecular weight is 353 g/mol. The summed E-state index contributed by atoms with van der Waals surface area (Å²) >= 11 is 7.38. The average Bonchev–Trinajstić information content (AvgIpc) is 2.79. The van der Waals surface area contributed by atoms with Gasteiger partial charge < -0.3 is 10.1 Å². The first-order valence-corrected chi connectivity index (χ1v) is 8.15. The summed E-state index contributed by atoms with van der Waals surface area (Å²) in [5, 5.41) is 3.91. The summed E-state index contributed by atoms with van der Waals surface area (Å²) in [6.45, 7) is 6.94. The van der Waals surface area contributed by atoms with Crippen LogP contribution in [0.4, 0.5) is 5.69 Å². The number of aromatic nitrogens is 1. The molecule has 1 aromatic carbocycles. The molecule has 1 N–H and O–H groups in total. The molecule has 0 bridgehead atoms. The highest BCUT2D eigenvalue weighted by Gasteiger charge is 2.17. The summed E-state index contributed by atoms with van der Waals surface area (Å²) < 4.78 is 5.04. The van der Waals surface area contributed by atoms with Crippen LogP contribution in [0.25, 0.3) is 0 Å². The Morgan fingerprint density at radius 3 is 2.52 bits per heavy atom. The van der Waals surface area contributed by atoms with Gasteiger partial charge in [-0.05, 0) is 44.9 Å². The highest BCUT2D eigenvalue weighted by Crippen LogP contribution is 2.27. The van der Waals surface area contributed by atoms with Crippen LogP contribution in [-0.2, 0) is 9.53 Å². The van der Waals surface area contributed by atoms with Crippen molar-refractivity contribution < 1.29 is 14.3 Å². The van der Waals surface area contributed by atoms with Crippen LogP contribution in [0.1, 0.15) is 31.5 Å². The molecule has 5 nitrogen and oxygen atoms in total. The number of benzene rings is 1. The van der Waals surface area contributed by atoms with Crippen molar-refractivity contribution in [2.75, 3.05) is 11.9 Å². The third-order valence-electron chi connectivity index (χ3n) is 3.12. The lowest BCUT2D eigenvalue weighted by Gasteiger charge is -2.11. The fourth-order valence-corrected chi connectivity index (χ4v) is 3.35. The van der Waals surface area contributed by atoms with Gasteiger partial charge in [0, 0.05) is 0 Å². The zero-order chi connectivity index (χ0) is 17.1. The van der Waals surface area contributed by atoms with Crippen molar-refractivity contribution in [3.8, 4) is 0 Å². The van der Waals surface area contributed by atoms with E-state index in [2.05, 4.69) is 10.3 Å². The molecule has 122 valence electrons. The van der Waals surface area contributed by atoms with Gasteiger partial charge in [0.25, 0.3) is 5.91 Å². The SMILES string of the molecule is Cc1cc(C)c(NC(=O)COC(=O)c2sc(C)nc2C)c(Cl)c1. The topological polar surface area (TPSA) is 68.3 Å². The Hall–Kier alpha value is -1.92. The zero-order valence-corrected chi connectivity index (χ0v) is 14.9. The molecule has 2 rings (SSSR count). The van der Waals surface area contributed by atoms with E-state index >= 15 is 0 Å². The lowest BCUT2D eigenvalue weighted by Crippen LogP contribution is -2.21. The number of amides is 1. The summed E-state index contributed by atoms with van der Waals surface area (Å²) in [4.78, 5) is 28.5. The molecule has 2 aromatic rings. The van der Waals surface area contributed by atoms with Crippen molar-refractivity contribution in [1.29, 1.82) is 0 Å². The molecule has 1 heterocycles. The fraction of sp³-hybridized carbons (Fsp3) is 0.312. The third kappa shape index (κ3) is 4.30. The predicted molar refractivity (Wildman–Crippen MR) is 91.4 cm³/mol. The maximum atomic E-state index is 12.0. The molecule has 0 atom stereocenters. The van der Waals surface area contributed by atoms with Crippen LogP contribution in [0, 0.1) is 27.7 Å². The number of nitrogens with one attached hydrogen (secondary N) is 1. The normalized spacial score (nSPS) is 10.5. The van der Waals surface area contributed by atoms with Crippen molar-refractivity contribution >= 4 is 40.5 Å². The molecular weight excluding hydrogens is 336 g/mol. The molecule has 0 fully saturated rings. The maximum absolute atomic E-state index is 12.0. The minimum Gasteiger partial charge on any atom is -0.451 e. The molecule has 0 unspecified atom stereocenters. The van der Waals surface area contributed by atoms with E-state index in [-0.39, 0.29) is 6.61 Å². The van der Waals surface area contributed by atoms with Gasteiger partial charge in [0.1, 0.15) is 4.88 Å². The van der Waals surface area contributed by atoms with Crippen LogP contribution >= 0.6 is 22.9 Å². The number of nitrogens with zero attached hydrogens (tertiary/aromatic N) is 1. The predicted octanol–water partition coefficient (Wildman–Crippen LogP) is 3.83. The van der Waals surface area contributed by atoms with Gasteiger partial charge >= 0.3 is 5.97 Å². The lowest BCUT2D eigenvalue weighted by atomic mass is 10.1. The standard InChI is InChI=1S/C16H17ClN2O3S/c1-8-5-9(2)14(12(17)6-8)19-13(20)7-22-16(21)15-10(3)18-11(4)23-15/h5-6H,7H2,1-4H3,(H,19,20). The van der Waals surface area contributed by atoms with Crippen LogP contribution in [0.5, 0.6) is 0 Å². The first-order chi connectivity index (χ1) is 10.8.